The van der Waals surface area contributed by atoms with Gasteiger partial charge in [0.1, 0.15) is 0 Å². The summed E-state index contributed by atoms with van der Waals surface area (Å²) in [5, 5.41) is 16.0. The van der Waals surface area contributed by atoms with Crippen molar-refractivity contribution >= 4 is 46.1 Å². The number of piperazine rings is 1. The van der Waals surface area contributed by atoms with Gasteiger partial charge in [-0.2, -0.15) is 0 Å². The van der Waals surface area contributed by atoms with Crippen LogP contribution >= 0.6 is 11.6 Å². The van der Waals surface area contributed by atoms with Crippen LogP contribution < -0.4 is 10.6 Å². The molecule has 1 amide bonds. The van der Waals surface area contributed by atoms with Gasteiger partial charge in [0.15, 0.2) is 0 Å². The van der Waals surface area contributed by atoms with E-state index in [-0.39, 0.29) is 12.3 Å². The number of hydrogen-bond donors (Lipinski definition) is 3. The van der Waals surface area contributed by atoms with Crippen LogP contribution in [0.25, 0.3) is 11.3 Å². The molecule has 2 aliphatic rings. The van der Waals surface area contributed by atoms with Crippen molar-refractivity contribution in [1.82, 2.24) is 9.80 Å². The number of benzene rings is 3. The Balaban J connectivity index is 1.44. The Morgan fingerprint density at radius 2 is 1.66 bits per heavy atom. The first-order valence-corrected chi connectivity index (χ1v) is 13.2. The number of amides is 1. The number of carboxylic acids is 1. The minimum absolute atomic E-state index is 0.0720. The fraction of sp³-hybridized carbons (Fsp3) is 0.267. The van der Waals surface area contributed by atoms with Crippen molar-refractivity contribution in [3.05, 3.63) is 94.0 Å². The average molecular weight is 531 g/mol. The number of anilines is 2. The van der Waals surface area contributed by atoms with E-state index in [0.717, 1.165) is 55.1 Å². The maximum atomic E-state index is 13.2. The first-order valence-electron chi connectivity index (χ1n) is 12.8. The summed E-state index contributed by atoms with van der Waals surface area (Å²) in [4.78, 5) is 29.0. The van der Waals surface area contributed by atoms with Gasteiger partial charge in [0.05, 0.1) is 17.0 Å². The Bertz CT molecular complexity index is 1360. The largest absolute Gasteiger partial charge is 0.481 e. The van der Waals surface area contributed by atoms with Crippen LogP contribution in [0.4, 0.5) is 11.4 Å². The van der Waals surface area contributed by atoms with Gasteiger partial charge in [-0.25, -0.2) is 0 Å². The summed E-state index contributed by atoms with van der Waals surface area (Å²) in [6.45, 7) is 5.21. The van der Waals surface area contributed by atoms with E-state index in [1.54, 1.807) is 12.1 Å². The van der Waals surface area contributed by atoms with Crippen molar-refractivity contribution in [3.63, 3.8) is 0 Å². The maximum absolute atomic E-state index is 13.2. The fourth-order valence-electron chi connectivity index (χ4n) is 4.86. The van der Waals surface area contributed by atoms with Gasteiger partial charge in [-0.3, -0.25) is 14.5 Å². The lowest BCUT2D eigenvalue weighted by molar-refractivity contribution is -0.137. The van der Waals surface area contributed by atoms with E-state index in [0.29, 0.717) is 28.4 Å². The molecule has 0 spiro atoms. The standard InChI is InChI=1S/C30H31ClN4O3/c1-34-14-16-35(17-15-34)19-21-4-10-24(11-5-21)32-29(22-7-2-20(3-8-22)6-13-27(36)37)28-25-12-9-23(31)18-26(25)33-30(28)38/h2-5,7-12,18,32H,6,13-17,19H2,1H3,(H,33,38)(H,36,37)/b29-28-. The molecule has 1 fully saturated rings. The smallest absolute Gasteiger partial charge is 0.303 e. The first kappa shape index (κ1) is 26.0. The van der Waals surface area contributed by atoms with Crippen LogP contribution in [0, 0.1) is 0 Å². The minimum atomic E-state index is -0.826. The zero-order chi connectivity index (χ0) is 26.6. The molecule has 2 heterocycles. The van der Waals surface area contributed by atoms with Gasteiger partial charge in [0.25, 0.3) is 5.91 Å². The zero-order valence-corrected chi connectivity index (χ0v) is 22.1. The molecule has 3 aromatic carbocycles. The summed E-state index contributed by atoms with van der Waals surface area (Å²) < 4.78 is 0. The lowest BCUT2D eigenvalue weighted by atomic mass is 9.98. The second-order valence-corrected chi connectivity index (χ2v) is 10.3. The van der Waals surface area contributed by atoms with Crippen molar-refractivity contribution < 1.29 is 14.7 Å². The molecule has 8 heteroatoms. The normalized spacial score (nSPS) is 17.2. The monoisotopic (exact) mass is 530 g/mol. The van der Waals surface area contributed by atoms with E-state index < -0.39 is 5.97 Å². The zero-order valence-electron chi connectivity index (χ0n) is 21.3. The third kappa shape index (κ3) is 6.07. The molecule has 5 rings (SSSR count). The number of rotatable bonds is 8. The molecule has 0 saturated carbocycles. The number of fused-ring (bicyclic) bond motifs is 1. The van der Waals surface area contributed by atoms with Crippen LogP contribution in [-0.4, -0.2) is 60.0 Å². The van der Waals surface area contributed by atoms with Gasteiger partial charge in [-0.15, -0.1) is 0 Å². The van der Waals surface area contributed by atoms with Crippen molar-refractivity contribution in [2.45, 2.75) is 19.4 Å². The molecule has 0 unspecified atom stereocenters. The summed E-state index contributed by atoms with van der Waals surface area (Å²) in [5.41, 5.74) is 6.56. The number of hydrogen-bond acceptors (Lipinski definition) is 5. The second-order valence-electron chi connectivity index (χ2n) is 9.89. The Morgan fingerprint density at radius 1 is 0.974 bits per heavy atom. The molecule has 2 aliphatic heterocycles. The van der Waals surface area contributed by atoms with E-state index in [1.807, 2.05) is 42.5 Å². The molecule has 3 aromatic rings. The first-order chi connectivity index (χ1) is 18.4. The number of carbonyl (C=O) groups is 2. The molecular weight excluding hydrogens is 500 g/mol. The maximum Gasteiger partial charge on any atom is 0.303 e. The SMILES string of the molecule is CN1CCN(Cc2ccc(N/C(=C3\C(=O)Nc4cc(Cl)ccc43)c3ccc(CCC(=O)O)cc3)cc2)CC1. The van der Waals surface area contributed by atoms with E-state index >= 15 is 0 Å². The molecular formula is C30H31ClN4O3. The third-order valence-corrected chi connectivity index (χ3v) is 7.31. The molecule has 7 nitrogen and oxygen atoms in total. The molecule has 1 saturated heterocycles. The highest BCUT2D eigenvalue weighted by atomic mass is 35.5. The van der Waals surface area contributed by atoms with Crippen molar-refractivity contribution in [1.29, 1.82) is 0 Å². The number of aliphatic carboxylic acids is 1. The topological polar surface area (TPSA) is 84.9 Å². The van der Waals surface area contributed by atoms with E-state index in [4.69, 9.17) is 16.7 Å². The number of carbonyl (C=O) groups excluding carboxylic acids is 1. The predicted octanol–water partition coefficient (Wildman–Crippen LogP) is 5.04. The van der Waals surface area contributed by atoms with Gasteiger partial charge >= 0.3 is 5.97 Å². The van der Waals surface area contributed by atoms with Gasteiger partial charge < -0.3 is 20.6 Å². The molecule has 0 aliphatic carbocycles. The number of nitrogens with one attached hydrogen (secondary N) is 2. The van der Waals surface area contributed by atoms with E-state index in [2.05, 4.69) is 39.6 Å². The van der Waals surface area contributed by atoms with Crippen LogP contribution in [0.15, 0.2) is 66.7 Å². The Labute approximate surface area is 227 Å². The summed E-state index contributed by atoms with van der Waals surface area (Å²) in [6, 6.07) is 21.4. The Hall–Kier alpha value is -3.65. The fourth-order valence-corrected chi connectivity index (χ4v) is 5.04. The van der Waals surface area contributed by atoms with Crippen molar-refractivity contribution in [2.24, 2.45) is 0 Å². The van der Waals surface area contributed by atoms with Gasteiger partial charge in [0, 0.05) is 55.4 Å². The number of nitrogens with zero attached hydrogens (tertiary/aromatic N) is 2. The molecule has 0 radical (unpaired) electrons. The predicted molar refractivity (Wildman–Crippen MR) is 152 cm³/mol. The van der Waals surface area contributed by atoms with Crippen molar-refractivity contribution in [2.75, 3.05) is 43.9 Å². The summed E-state index contributed by atoms with van der Waals surface area (Å²) in [7, 11) is 2.16. The van der Waals surface area contributed by atoms with Crippen molar-refractivity contribution in [3.8, 4) is 0 Å². The summed E-state index contributed by atoms with van der Waals surface area (Å²) in [6.07, 6.45) is 0.522. The van der Waals surface area contributed by atoms with E-state index in [9.17, 15) is 9.59 Å². The van der Waals surface area contributed by atoms with Gasteiger partial charge in [-0.1, -0.05) is 54.1 Å². The molecule has 196 valence electrons. The average Bonchev–Trinajstić information content (AvgIpc) is 3.23. The number of aryl methyl sites for hydroxylation is 1. The molecule has 3 N–H and O–H groups in total. The summed E-state index contributed by atoms with van der Waals surface area (Å²) >= 11 is 6.18. The number of halogens is 1. The van der Waals surface area contributed by atoms with Gasteiger partial charge in [-0.05, 0) is 54.4 Å². The van der Waals surface area contributed by atoms with Crippen LogP contribution in [0.5, 0.6) is 0 Å². The third-order valence-electron chi connectivity index (χ3n) is 7.07. The van der Waals surface area contributed by atoms with Crippen LogP contribution in [-0.2, 0) is 22.6 Å². The lowest BCUT2D eigenvalue weighted by Crippen LogP contribution is -2.43. The quantitative estimate of drug-likeness (QED) is 0.354. The summed E-state index contributed by atoms with van der Waals surface area (Å²) in [5.74, 6) is -1.03. The van der Waals surface area contributed by atoms with Crippen LogP contribution in [0.2, 0.25) is 5.02 Å². The molecule has 0 aromatic heterocycles. The second kappa shape index (κ2) is 11.4. The van der Waals surface area contributed by atoms with E-state index in [1.165, 1.54) is 5.56 Å². The lowest BCUT2D eigenvalue weighted by Gasteiger charge is -2.32. The highest BCUT2D eigenvalue weighted by molar-refractivity contribution is 6.38. The number of likely N-dealkylation sites (N-methyl/N-ethyl adjacent to an activating group) is 1. The molecule has 0 atom stereocenters. The molecule has 0 bridgehead atoms. The Morgan fingerprint density at radius 3 is 2.34 bits per heavy atom. The van der Waals surface area contributed by atoms with Gasteiger partial charge in [0.2, 0.25) is 0 Å². The minimum Gasteiger partial charge on any atom is -0.481 e. The van der Waals surface area contributed by atoms with Crippen LogP contribution in [0.1, 0.15) is 28.7 Å². The van der Waals surface area contributed by atoms with Crippen LogP contribution in [0.3, 0.4) is 0 Å². The highest BCUT2D eigenvalue weighted by Gasteiger charge is 2.28. The highest BCUT2D eigenvalue weighted by Crippen LogP contribution is 2.39. The molecule has 38 heavy (non-hydrogen) atoms. The Kier molecular flexibility index (Phi) is 7.79. The number of carboxylic acid groups (broad SMARTS) is 1.